The highest BCUT2D eigenvalue weighted by Gasteiger charge is 2.52. The zero-order valence-electron chi connectivity index (χ0n) is 22.0. The zero-order valence-corrected chi connectivity index (χ0v) is 22.8. The van der Waals surface area contributed by atoms with E-state index in [-0.39, 0.29) is 40.9 Å². The summed E-state index contributed by atoms with van der Waals surface area (Å²) in [6.45, 7) is 6.74. The van der Waals surface area contributed by atoms with Crippen LogP contribution in [0.1, 0.15) is 76.7 Å². The summed E-state index contributed by atoms with van der Waals surface area (Å²) in [5.41, 5.74) is 8.65. The van der Waals surface area contributed by atoms with Gasteiger partial charge in [-0.3, -0.25) is 19.3 Å². The van der Waals surface area contributed by atoms with Crippen molar-refractivity contribution in [2.45, 2.75) is 57.5 Å². The summed E-state index contributed by atoms with van der Waals surface area (Å²) in [6.07, 6.45) is 5.69. The van der Waals surface area contributed by atoms with Gasteiger partial charge in [-0.25, -0.2) is 9.67 Å². The third-order valence-electron chi connectivity index (χ3n) is 8.55. The number of amides is 3. The SMILES string of the molecule is Cc1cc(N2C[C@H]3C[C@H]3C2=O)ncc1[C@H](C)n1cc(C(=O)NC2CC(C)(c3cc(Cl)ccc3C(N)=O)C2)nn1. The van der Waals surface area contributed by atoms with Crippen LogP contribution in [0.2, 0.25) is 5.02 Å². The Morgan fingerprint density at radius 1 is 1.26 bits per heavy atom. The van der Waals surface area contributed by atoms with Gasteiger partial charge in [-0.15, -0.1) is 5.10 Å². The van der Waals surface area contributed by atoms with E-state index in [0.29, 0.717) is 35.2 Å². The van der Waals surface area contributed by atoms with E-state index in [2.05, 4.69) is 20.6 Å². The fourth-order valence-electron chi connectivity index (χ4n) is 6.17. The molecule has 3 fully saturated rings. The fraction of sp³-hybridized carbons (Fsp3) is 0.429. The normalized spacial score (nSPS) is 26.1. The van der Waals surface area contributed by atoms with Gasteiger partial charge in [0.1, 0.15) is 5.82 Å². The summed E-state index contributed by atoms with van der Waals surface area (Å²) in [5, 5.41) is 11.9. The molecule has 11 heteroatoms. The Hall–Kier alpha value is -3.79. The first-order valence-electron chi connectivity index (χ1n) is 13.1. The predicted molar refractivity (Wildman–Crippen MR) is 145 cm³/mol. The molecule has 0 unspecified atom stereocenters. The first-order valence-corrected chi connectivity index (χ1v) is 13.5. The lowest BCUT2D eigenvalue weighted by atomic mass is 9.62. The molecule has 2 aliphatic carbocycles. The number of benzene rings is 1. The van der Waals surface area contributed by atoms with Crippen LogP contribution in [0, 0.1) is 18.8 Å². The Labute approximate surface area is 230 Å². The van der Waals surface area contributed by atoms with Crippen molar-refractivity contribution in [3.05, 3.63) is 69.6 Å². The molecular formula is C28H30ClN7O3. The molecule has 3 amide bonds. The standard InChI is InChI=1S/C28H30ClN7O3/c1-14-6-24(35-12-16-7-20(16)27(35)39)31-11-21(14)15(2)36-13-23(33-34-36)26(38)32-18-9-28(3,10-18)22-8-17(29)4-5-19(22)25(30)37/h4-6,8,11,13,15-16,18,20H,7,9-10,12H2,1-3H3,(H2,30,37)(H,32,38)/t15-,16+,18?,20+,28?/m0/s1. The van der Waals surface area contributed by atoms with Crippen LogP contribution in [0.4, 0.5) is 5.82 Å². The number of aromatic nitrogens is 4. The number of nitrogens with one attached hydrogen (secondary N) is 1. The molecule has 10 nitrogen and oxygen atoms in total. The number of nitrogens with two attached hydrogens (primary N) is 1. The average Bonchev–Trinajstić information content (AvgIpc) is 3.33. The summed E-state index contributed by atoms with van der Waals surface area (Å²) in [4.78, 5) is 43.6. The fourth-order valence-corrected chi connectivity index (χ4v) is 6.34. The van der Waals surface area contributed by atoms with Gasteiger partial charge in [0.2, 0.25) is 11.8 Å². The number of pyridine rings is 1. The number of nitrogens with zero attached hydrogens (tertiary/aromatic N) is 5. The summed E-state index contributed by atoms with van der Waals surface area (Å²) in [7, 11) is 0. The van der Waals surface area contributed by atoms with Crippen molar-refractivity contribution in [1.82, 2.24) is 25.3 Å². The van der Waals surface area contributed by atoms with Crippen LogP contribution in [0.25, 0.3) is 0 Å². The van der Waals surface area contributed by atoms with Gasteiger partial charge >= 0.3 is 0 Å². The van der Waals surface area contributed by atoms with Crippen molar-refractivity contribution in [3.8, 4) is 0 Å². The van der Waals surface area contributed by atoms with Crippen molar-refractivity contribution in [2.75, 3.05) is 11.4 Å². The quantitative estimate of drug-likeness (QED) is 0.466. The Bertz CT molecular complexity index is 1510. The number of rotatable bonds is 7. The van der Waals surface area contributed by atoms with Crippen molar-refractivity contribution in [3.63, 3.8) is 0 Å². The second-order valence-electron chi connectivity index (χ2n) is 11.4. The molecule has 3 heterocycles. The maximum absolute atomic E-state index is 12.9. The number of hydrogen-bond acceptors (Lipinski definition) is 6. The van der Waals surface area contributed by atoms with Crippen LogP contribution in [0.15, 0.2) is 36.7 Å². The average molecular weight is 548 g/mol. The van der Waals surface area contributed by atoms with E-state index in [1.807, 2.05) is 26.8 Å². The van der Waals surface area contributed by atoms with E-state index < -0.39 is 5.91 Å². The van der Waals surface area contributed by atoms with Gasteiger partial charge in [-0.1, -0.05) is 23.7 Å². The molecule has 3 aliphatic rings. The molecule has 39 heavy (non-hydrogen) atoms. The van der Waals surface area contributed by atoms with Gasteiger partial charge < -0.3 is 11.1 Å². The van der Waals surface area contributed by atoms with E-state index in [4.69, 9.17) is 17.3 Å². The van der Waals surface area contributed by atoms with Crippen molar-refractivity contribution >= 4 is 35.1 Å². The number of hydrogen-bond donors (Lipinski definition) is 2. The Morgan fingerprint density at radius 2 is 2.03 bits per heavy atom. The van der Waals surface area contributed by atoms with Gasteiger partial charge in [0, 0.05) is 35.3 Å². The minimum absolute atomic E-state index is 0.0805. The monoisotopic (exact) mass is 547 g/mol. The van der Waals surface area contributed by atoms with Crippen molar-refractivity contribution in [2.24, 2.45) is 17.6 Å². The van der Waals surface area contributed by atoms with Gasteiger partial charge in [0.05, 0.1) is 12.2 Å². The third kappa shape index (κ3) is 4.46. The summed E-state index contributed by atoms with van der Waals surface area (Å²) >= 11 is 6.18. The minimum Gasteiger partial charge on any atom is -0.366 e. The van der Waals surface area contributed by atoms with Crippen LogP contribution in [0.5, 0.6) is 0 Å². The first-order chi connectivity index (χ1) is 18.5. The molecule has 2 saturated carbocycles. The molecule has 2 aromatic heterocycles. The van der Waals surface area contributed by atoms with Crippen LogP contribution < -0.4 is 16.0 Å². The molecule has 3 atom stereocenters. The van der Waals surface area contributed by atoms with Gasteiger partial charge in [-0.2, -0.15) is 0 Å². The first kappa shape index (κ1) is 25.5. The maximum Gasteiger partial charge on any atom is 0.273 e. The topological polar surface area (TPSA) is 136 Å². The minimum atomic E-state index is -0.498. The number of piperidine rings is 1. The molecule has 1 saturated heterocycles. The lowest BCUT2D eigenvalue weighted by Crippen LogP contribution is -2.52. The van der Waals surface area contributed by atoms with E-state index in [1.54, 1.807) is 40.2 Å². The Kier molecular flexibility index (Phi) is 5.98. The number of carbonyl (C=O) groups excluding carboxylic acids is 3. The highest BCUT2D eigenvalue weighted by molar-refractivity contribution is 6.30. The third-order valence-corrected chi connectivity index (χ3v) is 8.79. The Balaban J connectivity index is 1.10. The Morgan fingerprint density at radius 3 is 2.69 bits per heavy atom. The summed E-state index contributed by atoms with van der Waals surface area (Å²) in [5.74, 6) is 0.722. The number of carbonyl (C=O) groups is 3. The number of primary amides is 1. The smallest absolute Gasteiger partial charge is 0.273 e. The number of anilines is 1. The van der Waals surface area contributed by atoms with Crippen molar-refractivity contribution in [1.29, 1.82) is 0 Å². The lowest BCUT2D eigenvalue weighted by Gasteiger charge is -2.46. The maximum atomic E-state index is 12.9. The van der Waals surface area contributed by atoms with Crippen LogP contribution in [0.3, 0.4) is 0 Å². The van der Waals surface area contributed by atoms with Crippen LogP contribution >= 0.6 is 11.6 Å². The number of halogens is 1. The highest BCUT2D eigenvalue weighted by Crippen LogP contribution is 2.47. The molecule has 202 valence electrons. The van der Waals surface area contributed by atoms with Crippen LogP contribution in [-0.4, -0.2) is 50.3 Å². The van der Waals surface area contributed by atoms with E-state index in [0.717, 1.165) is 29.7 Å². The molecule has 3 N–H and O–H groups in total. The second kappa shape index (κ2) is 9.15. The largest absolute Gasteiger partial charge is 0.366 e. The molecule has 3 aromatic rings. The lowest BCUT2D eigenvalue weighted by molar-refractivity contribution is -0.118. The van der Waals surface area contributed by atoms with Gasteiger partial charge in [0.15, 0.2) is 5.69 Å². The molecule has 1 aromatic carbocycles. The molecule has 0 radical (unpaired) electrons. The second-order valence-corrected chi connectivity index (χ2v) is 11.8. The molecule has 1 aliphatic heterocycles. The summed E-state index contributed by atoms with van der Waals surface area (Å²) in [6, 6.07) is 6.74. The molecule has 6 rings (SSSR count). The number of aryl methyl sites for hydroxylation is 1. The van der Waals surface area contributed by atoms with E-state index >= 15 is 0 Å². The van der Waals surface area contributed by atoms with Crippen molar-refractivity contribution < 1.29 is 14.4 Å². The van der Waals surface area contributed by atoms with E-state index in [9.17, 15) is 14.4 Å². The van der Waals surface area contributed by atoms with Gasteiger partial charge in [-0.05, 0) is 85.4 Å². The molecular weight excluding hydrogens is 518 g/mol. The van der Waals surface area contributed by atoms with Crippen LogP contribution in [-0.2, 0) is 10.2 Å². The molecule has 0 bridgehead atoms. The number of fused-ring (bicyclic) bond motifs is 1. The molecule has 0 spiro atoms. The predicted octanol–water partition coefficient (Wildman–Crippen LogP) is 3.18. The highest BCUT2D eigenvalue weighted by atomic mass is 35.5. The zero-order chi connectivity index (χ0) is 27.6. The van der Waals surface area contributed by atoms with E-state index in [1.165, 1.54) is 0 Å². The van der Waals surface area contributed by atoms with Gasteiger partial charge in [0.25, 0.3) is 5.91 Å². The summed E-state index contributed by atoms with van der Waals surface area (Å²) < 4.78 is 1.64.